The molecule has 34 heavy (non-hydrogen) atoms. The topological polar surface area (TPSA) is 134 Å². The molecule has 1 aromatic carbocycles. The fraction of sp³-hybridized carbons (Fsp3) is 0.136. The van der Waals surface area contributed by atoms with E-state index in [9.17, 15) is 18.0 Å². The Morgan fingerprint density at radius 1 is 0.971 bits per heavy atom. The molecule has 0 bridgehead atoms. The zero-order valence-corrected chi connectivity index (χ0v) is 17.4. The van der Waals surface area contributed by atoms with E-state index in [-0.39, 0.29) is 6.42 Å². The van der Waals surface area contributed by atoms with Crippen LogP contribution in [0.3, 0.4) is 0 Å². The van der Waals surface area contributed by atoms with Gasteiger partial charge in [0.15, 0.2) is 5.82 Å². The van der Waals surface area contributed by atoms with Gasteiger partial charge in [-0.3, -0.25) is 14.5 Å². The van der Waals surface area contributed by atoms with E-state index in [0.29, 0.717) is 12.4 Å². The summed E-state index contributed by atoms with van der Waals surface area (Å²) in [6, 6.07) is 13.8. The lowest BCUT2D eigenvalue weighted by molar-refractivity contribution is -0.192. The standard InChI is InChI=1S/C20H17N5O2.C2HF3O2/c26-19(27)7-9-25-13-16(11-23-25)15-6-8-21-17(10-15)20-22-12-18(24-20)14-4-2-1-3-5-14;3-2(4,5)1(6)7/h1-6,8,10-13H,7,9H2,(H,22,24)(H,26,27);(H,6,7). The molecule has 0 atom stereocenters. The van der Waals surface area contributed by atoms with Crippen molar-refractivity contribution in [2.45, 2.75) is 19.1 Å². The van der Waals surface area contributed by atoms with Crippen LogP contribution in [0, 0.1) is 0 Å². The first-order valence-electron chi connectivity index (χ1n) is 9.75. The van der Waals surface area contributed by atoms with Gasteiger partial charge in [0.25, 0.3) is 0 Å². The minimum absolute atomic E-state index is 0.0391. The van der Waals surface area contributed by atoms with Crippen LogP contribution in [0.1, 0.15) is 6.42 Å². The molecule has 0 aliphatic heterocycles. The number of pyridine rings is 1. The van der Waals surface area contributed by atoms with E-state index in [2.05, 4.69) is 20.1 Å². The lowest BCUT2D eigenvalue weighted by Crippen LogP contribution is -2.21. The second kappa shape index (κ2) is 10.4. The van der Waals surface area contributed by atoms with Gasteiger partial charge < -0.3 is 15.2 Å². The molecule has 12 heteroatoms. The Labute approximate surface area is 190 Å². The van der Waals surface area contributed by atoms with Crippen LogP contribution in [-0.2, 0) is 16.1 Å². The average molecular weight is 473 g/mol. The number of hydrogen-bond donors (Lipinski definition) is 3. The maximum Gasteiger partial charge on any atom is 0.490 e. The summed E-state index contributed by atoms with van der Waals surface area (Å²) in [7, 11) is 0. The number of nitrogens with one attached hydrogen (secondary N) is 1. The lowest BCUT2D eigenvalue weighted by atomic mass is 10.1. The second-order valence-electron chi connectivity index (χ2n) is 6.88. The molecule has 3 heterocycles. The van der Waals surface area contributed by atoms with Crippen LogP contribution in [0.15, 0.2) is 67.3 Å². The van der Waals surface area contributed by atoms with Crippen LogP contribution in [0.25, 0.3) is 33.9 Å². The van der Waals surface area contributed by atoms with Crippen LogP contribution < -0.4 is 0 Å². The molecule has 0 fully saturated rings. The van der Waals surface area contributed by atoms with Crippen molar-refractivity contribution in [1.29, 1.82) is 0 Å². The van der Waals surface area contributed by atoms with E-state index in [4.69, 9.17) is 15.0 Å². The number of halogens is 3. The average Bonchev–Trinajstić information content (AvgIpc) is 3.48. The van der Waals surface area contributed by atoms with E-state index in [1.54, 1.807) is 23.3 Å². The highest BCUT2D eigenvalue weighted by Crippen LogP contribution is 2.25. The summed E-state index contributed by atoms with van der Waals surface area (Å²) in [4.78, 5) is 31.8. The lowest BCUT2D eigenvalue weighted by Gasteiger charge is -2.01. The van der Waals surface area contributed by atoms with Crippen molar-refractivity contribution in [3.8, 4) is 33.9 Å². The molecule has 0 amide bonds. The molecule has 0 radical (unpaired) electrons. The molecule has 3 N–H and O–H groups in total. The number of nitrogens with zero attached hydrogens (tertiary/aromatic N) is 4. The third kappa shape index (κ3) is 6.51. The van der Waals surface area contributed by atoms with E-state index in [1.165, 1.54) is 0 Å². The van der Waals surface area contributed by atoms with Gasteiger partial charge in [-0.1, -0.05) is 30.3 Å². The van der Waals surface area contributed by atoms with Crippen molar-refractivity contribution in [2.24, 2.45) is 0 Å². The number of imidazole rings is 1. The third-order valence-electron chi connectivity index (χ3n) is 4.43. The highest BCUT2D eigenvalue weighted by Gasteiger charge is 2.38. The summed E-state index contributed by atoms with van der Waals surface area (Å²) < 4.78 is 33.4. The van der Waals surface area contributed by atoms with Crippen molar-refractivity contribution in [2.75, 3.05) is 0 Å². The first-order valence-corrected chi connectivity index (χ1v) is 9.75. The van der Waals surface area contributed by atoms with E-state index < -0.39 is 18.1 Å². The third-order valence-corrected chi connectivity index (χ3v) is 4.43. The maximum atomic E-state index is 10.7. The van der Waals surface area contributed by atoms with Gasteiger partial charge in [0.2, 0.25) is 0 Å². The van der Waals surface area contributed by atoms with Gasteiger partial charge in [-0.25, -0.2) is 9.78 Å². The van der Waals surface area contributed by atoms with Crippen LogP contribution in [0.5, 0.6) is 0 Å². The molecule has 0 spiro atoms. The predicted octanol–water partition coefficient (Wildman–Crippen LogP) is 4.11. The molecular weight excluding hydrogens is 455 g/mol. The van der Waals surface area contributed by atoms with Crippen molar-refractivity contribution in [3.05, 3.63) is 67.3 Å². The summed E-state index contributed by atoms with van der Waals surface area (Å²) in [6.45, 7) is 0.339. The highest BCUT2D eigenvalue weighted by molar-refractivity contribution is 5.73. The Morgan fingerprint density at radius 2 is 1.68 bits per heavy atom. The first kappa shape index (κ1) is 24.2. The van der Waals surface area contributed by atoms with Gasteiger partial charge in [-0.05, 0) is 23.3 Å². The number of aromatic nitrogens is 5. The summed E-state index contributed by atoms with van der Waals surface area (Å²) in [6.07, 6.45) is 2.03. The zero-order chi connectivity index (χ0) is 24.7. The van der Waals surface area contributed by atoms with Gasteiger partial charge in [0.1, 0.15) is 5.69 Å². The van der Waals surface area contributed by atoms with Crippen molar-refractivity contribution in [1.82, 2.24) is 24.7 Å². The number of rotatable bonds is 6. The normalized spacial score (nSPS) is 10.9. The van der Waals surface area contributed by atoms with Gasteiger partial charge >= 0.3 is 18.1 Å². The van der Waals surface area contributed by atoms with Crippen LogP contribution in [0.2, 0.25) is 0 Å². The van der Waals surface area contributed by atoms with E-state index in [0.717, 1.165) is 28.1 Å². The van der Waals surface area contributed by atoms with Gasteiger partial charge in [0.05, 0.1) is 31.1 Å². The monoisotopic (exact) mass is 473 g/mol. The summed E-state index contributed by atoms with van der Waals surface area (Å²) in [5, 5.41) is 20.1. The number of hydrogen-bond acceptors (Lipinski definition) is 5. The number of H-pyrrole nitrogens is 1. The molecule has 0 aliphatic carbocycles. The van der Waals surface area contributed by atoms with E-state index >= 15 is 0 Å². The van der Waals surface area contributed by atoms with Gasteiger partial charge in [-0.2, -0.15) is 18.3 Å². The van der Waals surface area contributed by atoms with Gasteiger partial charge in [-0.15, -0.1) is 0 Å². The molecule has 3 aromatic heterocycles. The van der Waals surface area contributed by atoms with Crippen LogP contribution in [-0.4, -0.2) is 53.1 Å². The Morgan fingerprint density at radius 3 is 2.32 bits per heavy atom. The molecule has 0 saturated heterocycles. The predicted molar refractivity (Wildman–Crippen MR) is 114 cm³/mol. The Kier molecular flexibility index (Phi) is 7.41. The second-order valence-corrected chi connectivity index (χ2v) is 6.88. The SMILES string of the molecule is O=C(O)C(F)(F)F.O=C(O)CCn1cc(-c2ccnc(-c3ncc(-c4ccccc4)[nH]3)c2)cn1. The molecule has 0 aliphatic rings. The fourth-order valence-corrected chi connectivity index (χ4v) is 2.80. The number of aryl methyl sites for hydroxylation is 1. The first-order chi connectivity index (χ1) is 16.1. The number of carbonyl (C=O) groups is 2. The zero-order valence-electron chi connectivity index (χ0n) is 17.4. The highest BCUT2D eigenvalue weighted by atomic mass is 19.4. The van der Waals surface area contributed by atoms with Crippen LogP contribution in [0.4, 0.5) is 13.2 Å². The van der Waals surface area contributed by atoms with Gasteiger partial charge in [0, 0.05) is 18.0 Å². The molecule has 9 nitrogen and oxygen atoms in total. The summed E-state index contributed by atoms with van der Waals surface area (Å²) in [5.74, 6) is -2.91. The van der Waals surface area contributed by atoms with Crippen molar-refractivity contribution < 1.29 is 33.0 Å². The number of aromatic amines is 1. The molecule has 176 valence electrons. The minimum atomic E-state index is -5.08. The Bertz CT molecular complexity index is 1270. The smallest absolute Gasteiger partial charge is 0.481 e. The van der Waals surface area contributed by atoms with Crippen molar-refractivity contribution >= 4 is 11.9 Å². The summed E-state index contributed by atoms with van der Waals surface area (Å²) in [5.41, 5.74) is 4.57. The minimum Gasteiger partial charge on any atom is -0.481 e. The number of carboxylic acids is 2. The number of aliphatic carboxylic acids is 2. The fourth-order valence-electron chi connectivity index (χ4n) is 2.80. The molecule has 0 unspecified atom stereocenters. The Hall–Kier alpha value is -4.48. The molecular formula is C22H18F3N5O4. The van der Waals surface area contributed by atoms with Crippen LogP contribution >= 0.6 is 0 Å². The molecule has 0 saturated carbocycles. The molecule has 4 aromatic rings. The van der Waals surface area contributed by atoms with E-state index in [1.807, 2.05) is 48.7 Å². The quantitative estimate of drug-likeness (QED) is 0.384. The molecule has 4 rings (SSSR count). The number of carboxylic acid groups (broad SMARTS) is 2. The summed E-state index contributed by atoms with van der Waals surface area (Å²) >= 11 is 0. The number of alkyl halides is 3. The maximum absolute atomic E-state index is 10.7. The largest absolute Gasteiger partial charge is 0.490 e. The number of benzene rings is 1. The van der Waals surface area contributed by atoms with Crippen molar-refractivity contribution in [3.63, 3.8) is 0 Å². The Balaban J connectivity index is 0.000000406.